The Bertz CT molecular complexity index is 590. The summed E-state index contributed by atoms with van der Waals surface area (Å²) in [7, 11) is 0. The second kappa shape index (κ2) is 6.29. The molecule has 0 spiro atoms. The molecule has 0 unspecified atom stereocenters. The number of carbonyl (C=O) groups excluding carboxylic acids is 1. The van der Waals surface area contributed by atoms with Crippen LogP contribution < -0.4 is 5.32 Å². The van der Waals surface area contributed by atoms with E-state index in [0.29, 0.717) is 24.3 Å². The molecular formula is C14H18N4O2. The van der Waals surface area contributed by atoms with Crippen LogP contribution in [-0.2, 0) is 0 Å². The quantitative estimate of drug-likeness (QED) is 0.797. The maximum absolute atomic E-state index is 11.8. The third-order valence-electron chi connectivity index (χ3n) is 2.86. The number of pyridine rings is 1. The van der Waals surface area contributed by atoms with Gasteiger partial charge in [0.2, 0.25) is 0 Å². The van der Waals surface area contributed by atoms with Crippen LogP contribution in [0.2, 0.25) is 0 Å². The van der Waals surface area contributed by atoms with Crippen molar-refractivity contribution >= 4 is 5.91 Å². The lowest BCUT2D eigenvalue weighted by atomic mass is 10.2. The minimum absolute atomic E-state index is 0.0649. The summed E-state index contributed by atoms with van der Waals surface area (Å²) < 4.78 is 1.74. The largest absolute Gasteiger partial charge is 0.396 e. The number of nitrogens with one attached hydrogen (secondary N) is 1. The lowest BCUT2D eigenvalue weighted by Gasteiger charge is -2.06. The van der Waals surface area contributed by atoms with Gasteiger partial charge in [0, 0.05) is 25.0 Å². The van der Waals surface area contributed by atoms with E-state index in [0.717, 1.165) is 11.4 Å². The first-order valence-electron chi connectivity index (χ1n) is 6.50. The van der Waals surface area contributed by atoms with E-state index in [1.165, 1.54) is 6.20 Å². The number of amides is 1. The molecule has 0 aliphatic heterocycles. The highest BCUT2D eigenvalue weighted by Gasteiger charge is 2.08. The van der Waals surface area contributed by atoms with Crippen LogP contribution in [0, 0.1) is 13.8 Å². The number of hydrogen-bond acceptors (Lipinski definition) is 4. The van der Waals surface area contributed by atoms with E-state index in [4.69, 9.17) is 5.11 Å². The molecule has 2 N–H and O–H groups in total. The molecule has 0 fully saturated rings. The lowest BCUT2D eigenvalue weighted by molar-refractivity contribution is 0.0951. The first-order valence-corrected chi connectivity index (χ1v) is 6.50. The zero-order valence-corrected chi connectivity index (χ0v) is 11.6. The predicted octanol–water partition coefficient (Wildman–Crippen LogP) is 0.996. The molecule has 1 amide bonds. The molecule has 0 radical (unpaired) electrons. The highest BCUT2D eigenvalue weighted by molar-refractivity contribution is 5.93. The van der Waals surface area contributed by atoms with E-state index >= 15 is 0 Å². The van der Waals surface area contributed by atoms with Crippen molar-refractivity contribution in [3.63, 3.8) is 0 Å². The van der Waals surface area contributed by atoms with Gasteiger partial charge in [-0.2, -0.15) is 5.10 Å². The Kier molecular flexibility index (Phi) is 4.47. The van der Waals surface area contributed by atoms with Crippen LogP contribution in [-0.4, -0.2) is 38.9 Å². The minimum Gasteiger partial charge on any atom is -0.396 e. The average molecular weight is 274 g/mol. The molecule has 0 aliphatic carbocycles. The number of rotatable bonds is 5. The van der Waals surface area contributed by atoms with Gasteiger partial charge in [-0.3, -0.25) is 4.79 Å². The monoisotopic (exact) mass is 274 g/mol. The second-order valence-corrected chi connectivity index (χ2v) is 4.58. The van der Waals surface area contributed by atoms with Crippen molar-refractivity contribution in [1.29, 1.82) is 0 Å². The molecule has 2 rings (SSSR count). The fourth-order valence-corrected chi connectivity index (χ4v) is 1.89. The maximum atomic E-state index is 11.8. The lowest BCUT2D eigenvalue weighted by Crippen LogP contribution is -2.25. The molecule has 0 aromatic carbocycles. The van der Waals surface area contributed by atoms with Crippen molar-refractivity contribution in [1.82, 2.24) is 20.1 Å². The molecule has 2 aromatic rings. The maximum Gasteiger partial charge on any atom is 0.252 e. The highest BCUT2D eigenvalue weighted by Crippen LogP contribution is 2.10. The number of aromatic nitrogens is 3. The van der Waals surface area contributed by atoms with Crippen molar-refractivity contribution < 1.29 is 9.90 Å². The number of aliphatic hydroxyl groups excluding tert-OH is 1. The van der Waals surface area contributed by atoms with Crippen LogP contribution >= 0.6 is 0 Å². The first-order chi connectivity index (χ1) is 9.61. The van der Waals surface area contributed by atoms with Crippen LogP contribution in [0.3, 0.4) is 0 Å². The molecule has 0 saturated carbocycles. The number of aryl methyl sites for hydroxylation is 2. The Morgan fingerprint density at radius 1 is 1.40 bits per heavy atom. The Labute approximate surface area is 117 Å². The molecule has 6 heteroatoms. The summed E-state index contributed by atoms with van der Waals surface area (Å²) in [6, 6.07) is 5.45. The van der Waals surface area contributed by atoms with Gasteiger partial charge in [0.25, 0.3) is 5.91 Å². The van der Waals surface area contributed by atoms with Gasteiger partial charge in [0.05, 0.1) is 11.3 Å². The van der Waals surface area contributed by atoms with Gasteiger partial charge in [-0.15, -0.1) is 0 Å². The van der Waals surface area contributed by atoms with Crippen molar-refractivity contribution in [3.8, 4) is 5.82 Å². The molecule has 2 heterocycles. The molecule has 106 valence electrons. The summed E-state index contributed by atoms with van der Waals surface area (Å²) in [5, 5.41) is 15.7. The number of hydrogen-bond donors (Lipinski definition) is 2. The van der Waals surface area contributed by atoms with Crippen LogP contribution in [0.25, 0.3) is 5.82 Å². The van der Waals surface area contributed by atoms with Gasteiger partial charge in [0.1, 0.15) is 0 Å². The summed E-state index contributed by atoms with van der Waals surface area (Å²) in [6.45, 7) is 4.40. The van der Waals surface area contributed by atoms with Crippen LogP contribution in [0.15, 0.2) is 24.4 Å². The van der Waals surface area contributed by atoms with E-state index in [-0.39, 0.29) is 12.5 Å². The zero-order chi connectivity index (χ0) is 14.5. The number of aliphatic hydroxyl groups is 1. The third-order valence-corrected chi connectivity index (χ3v) is 2.86. The smallest absolute Gasteiger partial charge is 0.252 e. The van der Waals surface area contributed by atoms with E-state index in [1.54, 1.807) is 16.8 Å². The Morgan fingerprint density at radius 3 is 2.75 bits per heavy atom. The predicted molar refractivity (Wildman–Crippen MR) is 74.9 cm³/mol. The van der Waals surface area contributed by atoms with Crippen molar-refractivity contribution in [2.75, 3.05) is 13.2 Å². The van der Waals surface area contributed by atoms with Gasteiger partial charge in [0.15, 0.2) is 5.82 Å². The van der Waals surface area contributed by atoms with Crippen molar-refractivity contribution in [3.05, 3.63) is 41.3 Å². The fourth-order valence-electron chi connectivity index (χ4n) is 1.89. The average Bonchev–Trinajstić information content (AvgIpc) is 2.78. The number of carbonyl (C=O) groups is 1. The van der Waals surface area contributed by atoms with Gasteiger partial charge in [-0.05, 0) is 38.5 Å². The van der Waals surface area contributed by atoms with Crippen LogP contribution in [0.1, 0.15) is 28.2 Å². The van der Waals surface area contributed by atoms with Gasteiger partial charge < -0.3 is 10.4 Å². The first kappa shape index (κ1) is 14.2. The van der Waals surface area contributed by atoms with E-state index < -0.39 is 0 Å². The minimum atomic E-state index is -0.189. The normalized spacial score (nSPS) is 10.6. The fraction of sp³-hybridized carbons (Fsp3) is 0.357. The second-order valence-electron chi connectivity index (χ2n) is 4.58. The Morgan fingerprint density at radius 2 is 2.20 bits per heavy atom. The molecular weight excluding hydrogens is 256 g/mol. The summed E-state index contributed by atoms with van der Waals surface area (Å²) in [6.07, 6.45) is 2.07. The summed E-state index contributed by atoms with van der Waals surface area (Å²) in [5.41, 5.74) is 2.42. The summed E-state index contributed by atoms with van der Waals surface area (Å²) in [5.74, 6) is 0.494. The van der Waals surface area contributed by atoms with Crippen molar-refractivity contribution in [2.45, 2.75) is 20.3 Å². The highest BCUT2D eigenvalue weighted by atomic mass is 16.3. The van der Waals surface area contributed by atoms with Crippen molar-refractivity contribution in [2.24, 2.45) is 0 Å². The van der Waals surface area contributed by atoms with E-state index in [2.05, 4.69) is 15.4 Å². The molecule has 2 aromatic heterocycles. The topological polar surface area (TPSA) is 80.0 Å². The Hall–Kier alpha value is -2.21. The molecule has 0 aliphatic rings. The summed E-state index contributed by atoms with van der Waals surface area (Å²) in [4.78, 5) is 16.0. The van der Waals surface area contributed by atoms with Crippen LogP contribution in [0.5, 0.6) is 0 Å². The van der Waals surface area contributed by atoms with Crippen LogP contribution in [0.4, 0.5) is 0 Å². The van der Waals surface area contributed by atoms with Gasteiger partial charge in [-0.25, -0.2) is 9.67 Å². The van der Waals surface area contributed by atoms with E-state index in [9.17, 15) is 4.79 Å². The van der Waals surface area contributed by atoms with Gasteiger partial charge in [-0.1, -0.05) is 0 Å². The number of nitrogens with zero attached hydrogens (tertiary/aromatic N) is 3. The summed E-state index contributed by atoms with van der Waals surface area (Å²) >= 11 is 0. The molecule has 0 atom stereocenters. The SMILES string of the molecule is Cc1cc(C)n(-c2ccc(C(=O)NCCCO)cn2)n1. The Balaban J connectivity index is 2.10. The third kappa shape index (κ3) is 3.21. The molecule has 20 heavy (non-hydrogen) atoms. The standard InChI is InChI=1S/C14H18N4O2/c1-10-8-11(2)18(17-10)13-5-4-12(9-16-13)14(20)15-6-3-7-19/h4-5,8-9,19H,3,6-7H2,1-2H3,(H,15,20). The molecule has 0 bridgehead atoms. The molecule has 0 saturated heterocycles. The van der Waals surface area contributed by atoms with Gasteiger partial charge >= 0.3 is 0 Å². The zero-order valence-electron chi connectivity index (χ0n) is 11.6. The molecule has 6 nitrogen and oxygen atoms in total. The van der Waals surface area contributed by atoms with E-state index in [1.807, 2.05) is 19.9 Å².